The topological polar surface area (TPSA) is 160 Å². The van der Waals surface area contributed by atoms with Crippen LogP contribution in [0.25, 0.3) is 0 Å². The zero-order valence-corrected chi connectivity index (χ0v) is 24.8. The van der Waals surface area contributed by atoms with Crippen LogP contribution in [0.1, 0.15) is 88.1 Å². The average molecular weight is 586 g/mol. The van der Waals surface area contributed by atoms with E-state index in [1.807, 2.05) is 25.7 Å². The summed E-state index contributed by atoms with van der Waals surface area (Å²) in [5.74, 6) is -1.39. The number of carbonyl (C=O) groups excluding carboxylic acids is 5. The highest BCUT2D eigenvalue weighted by molar-refractivity contribution is 6.05. The third-order valence-corrected chi connectivity index (χ3v) is 7.79. The van der Waals surface area contributed by atoms with Gasteiger partial charge in [-0.1, -0.05) is 0 Å². The van der Waals surface area contributed by atoms with Crippen molar-refractivity contribution in [1.82, 2.24) is 15.1 Å². The molecule has 1 unspecified atom stereocenters. The predicted molar refractivity (Wildman–Crippen MR) is 154 cm³/mol. The first-order valence-corrected chi connectivity index (χ1v) is 14.8. The van der Waals surface area contributed by atoms with Crippen LogP contribution in [0.15, 0.2) is 18.2 Å². The van der Waals surface area contributed by atoms with Crippen molar-refractivity contribution in [3.05, 3.63) is 29.3 Å². The molecule has 1 aromatic rings. The molecule has 0 bridgehead atoms. The maximum atomic E-state index is 12.9. The minimum atomic E-state index is -0.689. The number of hydrogen-bond acceptors (Lipinski definition) is 8. The number of carbonyl (C=O) groups is 5. The number of unbranched alkanes of at least 4 members (excludes halogenated alkanes) is 1. The van der Waals surface area contributed by atoms with Crippen molar-refractivity contribution in [1.29, 1.82) is 0 Å². The van der Waals surface area contributed by atoms with Gasteiger partial charge in [-0.05, 0) is 89.5 Å². The number of hydrogen-bond donors (Lipinski definition) is 3. The molecule has 230 valence electrons. The van der Waals surface area contributed by atoms with Gasteiger partial charge in [-0.15, -0.1) is 0 Å². The lowest BCUT2D eigenvalue weighted by Gasteiger charge is -2.37. The van der Waals surface area contributed by atoms with E-state index in [0.29, 0.717) is 49.2 Å². The molecule has 1 aliphatic carbocycles. The van der Waals surface area contributed by atoms with Gasteiger partial charge in [0.1, 0.15) is 18.2 Å². The van der Waals surface area contributed by atoms with Gasteiger partial charge >= 0.3 is 6.09 Å². The quantitative estimate of drug-likeness (QED) is 0.279. The van der Waals surface area contributed by atoms with Gasteiger partial charge < -0.3 is 30.3 Å². The van der Waals surface area contributed by atoms with Gasteiger partial charge in [-0.25, -0.2) is 4.79 Å². The van der Waals surface area contributed by atoms with Crippen LogP contribution in [0.4, 0.5) is 10.5 Å². The number of fused-ring (bicyclic) bond motifs is 1. The number of rotatable bonds is 10. The average Bonchev–Trinajstić information content (AvgIpc) is 3.23. The Kier molecular flexibility index (Phi) is 10.2. The van der Waals surface area contributed by atoms with Crippen LogP contribution in [0.3, 0.4) is 0 Å². The zero-order chi connectivity index (χ0) is 30.4. The molecule has 4 N–H and O–H groups in total. The molecule has 3 aliphatic rings. The zero-order valence-electron chi connectivity index (χ0n) is 24.8. The summed E-state index contributed by atoms with van der Waals surface area (Å²) in [6.07, 6.45) is 5.07. The lowest BCUT2D eigenvalue weighted by atomic mass is 9.91. The number of amides is 5. The van der Waals surface area contributed by atoms with Crippen LogP contribution in [-0.4, -0.2) is 83.0 Å². The van der Waals surface area contributed by atoms with Crippen LogP contribution in [0, 0.1) is 0 Å². The summed E-state index contributed by atoms with van der Waals surface area (Å²) in [6.45, 7) is 6.59. The summed E-state index contributed by atoms with van der Waals surface area (Å²) in [7, 11) is 0. The summed E-state index contributed by atoms with van der Waals surface area (Å²) in [5.41, 5.74) is 7.19. The van der Waals surface area contributed by atoms with E-state index in [2.05, 4.69) is 10.6 Å². The van der Waals surface area contributed by atoms with Gasteiger partial charge in [0.2, 0.25) is 17.7 Å². The van der Waals surface area contributed by atoms with Crippen LogP contribution in [-0.2, 0) is 30.4 Å². The molecule has 12 nitrogen and oxygen atoms in total. The number of imide groups is 1. The fourth-order valence-corrected chi connectivity index (χ4v) is 5.66. The maximum Gasteiger partial charge on any atom is 0.410 e. The molecule has 12 heteroatoms. The van der Waals surface area contributed by atoms with Crippen molar-refractivity contribution in [2.75, 3.05) is 25.1 Å². The molecule has 0 spiro atoms. The first-order chi connectivity index (χ1) is 19.9. The largest absolute Gasteiger partial charge is 0.444 e. The van der Waals surface area contributed by atoms with Crippen LogP contribution in [0.2, 0.25) is 0 Å². The van der Waals surface area contributed by atoms with E-state index >= 15 is 0 Å². The van der Waals surface area contributed by atoms with E-state index in [4.69, 9.17) is 15.2 Å². The van der Waals surface area contributed by atoms with E-state index in [-0.39, 0.29) is 55.5 Å². The smallest absolute Gasteiger partial charge is 0.410 e. The molecule has 42 heavy (non-hydrogen) atoms. The normalized spacial score (nSPS) is 22.4. The SMILES string of the molecule is CC(C)(C)OC(=O)N(CCCCOCC(=O)Nc1ccc2c(c1)CN(C1CCC(=O)NC1=O)C2=O)C1CCC(N)CC1. The van der Waals surface area contributed by atoms with Crippen LogP contribution in [0.5, 0.6) is 0 Å². The third-order valence-electron chi connectivity index (χ3n) is 7.79. The Morgan fingerprint density at radius 2 is 1.83 bits per heavy atom. The molecule has 1 saturated heterocycles. The summed E-state index contributed by atoms with van der Waals surface area (Å²) >= 11 is 0. The van der Waals surface area contributed by atoms with Gasteiger partial charge in [-0.3, -0.25) is 24.5 Å². The van der Waals surface area contributed by atoms with Crippen LogP contribution < -0.4 is 16.4 Å². The summed E-state index contributed by atoms with van der Waals surface area (Å²) in [5, 5.41) is 5.08. The van der Waals surface area contributed by atoms with Gasteiger partial charge in [0.15, 0.2) is 0 Å². The first kappa shape index (κ1) is 31.4. The minimum absolute atomic E-state index is 0.116. The molecule has 0 aromatic heterocycles. The molecule has 2 aliphatic heterocycles. The molecule has 2 fully saturated rings. The fraction of sp³-hybridized carbons (Fsp3) is 0.633. The third kappa shape index (κ3) is 8.28. The van der Waals surface area contributed by atoms with Crippen molar-refractivity contribution < 1.29 is 33.4 Å². The molecule has 1 saturated carbocycles. The van der Waals surface area contributed by atoms with Gasteiger partial charge in [-0.2, -0.15) is 0 Å². The number of nitrogens with one attached hydrogen (secondary N) is 2. The van der Waals surface area contributed by atoms with Gasteiger partial charge in [0.25, 0.3) is 5.91 Å². The second-order valence-electron chi connectivity index (χ2n) is 12.3. The highest BCUT2D eigenvalue weighted by Gasteiger charge is 2.39. The first-order valence-electron chi connectivity index (χ1n) is 14.8. The molecule has 4 rings (SSSR count). The van der Waals surface area contributed by atoms with E-state index in [1.165, 1.54) is 4.90 Å². The van der Waals surface area contributed by atoms with E-state index in [9.17, 15) is 24.0 Å². The highest BCUT2D eigenvalue weighted by atomic mass is 16.6. The van der Waals surface area contributed by atoms with E-state index < -0.39 is 17.6 Å². The Labute approximate surface area is 246 Å². The number of nitrogens with two attached hydrogens (primary N) is 1. The standard InChI is InChI=1S/C30H43N5O7/c1-30(2,3)42-29(40)34(22-9-6-20(31)7-10-22)14-4-5-15-41-18-26(37)32-21-8-11-23-19(16-21)17-35(28(23)39)24-12-13-25(36)33-27(24)38/h8,11,16,20,22,24H,4-7,9-10,12-15,17-18,31H2,1-3H3,(H,32,37)(H,33,36,38). The Morgan fingerprint density at radius 1 is 1.10 bits per heavy atom. The minimum Gasteiger partial charge on any atom is -0.444 e. The Bertz CT molecular complexity index is 1190. The molecular formula is C30H43N5O7. The monoisotopic (exact) mass is 585 g/mol. The Balaban J connectivity index is 1.19. The molecular weight excluding hydrogens is 542 g/mol. The fourth-order valence-electron chi connectivity index (χ4n) is 5.66. The highest BCUT2D eigenvalue weighted by Crippen LogP contribution is 2.29. The van der Waals surface area contributed by atoms with Crippen molar-refractivity contribution in [3.63, 3.8) is 0 Å². The van der Waals surface area contributed by atoms with E-state index in [0.717, 1.165) is 25.7 Å². The number of ether oxygens (including phenoxy) is 2. The summed E-state index contributed by atoms with van der Waals surface area (Å²) < 4.78 is 11.2. The predicted octanol–water partition coefficient (Wildman–Crippen LogP) is 2.69. The molecule has 1 atom stereocenters. The summed E-state index contributed by atoms with van der Waals surface area (Å²) in [6, 6.07) is 4.62. The molecule has 5 amide bonds. The van der Waals surface area contributed by atoms with E-state index in [1.54, 1.807) is 18.2 Å². The summed E-state index contributed by atoms with van der Waals surface area (Å²) in [4.78, 5) is 65.2. The molecule has 2 heterocycles. The maximum absolute atomic E-state index is 12.9. The number of benzene rings is 1. The second-order valence-corrected chi connectivity index (χ2v) is 12.3. The van der Waals surface area contributed by atoms with Crippen molar-refractivity contribution in [2.45, 2.75) is 102 Å². The Hall–Kier alpha value is -3.51. The van der Waals surface area contributed by atoms with Gasteiger partial charge in [0.05, 0.1) is 0 Å². The number of piperidine rings is 1. The lowest BCUT2D eigenvalue weighted by Crippen LogP contribution is -2.52. The van der Waals surface area contributed by atoms with Crippen molar-refractivity contribution in [3.8, 4) is 0 Å². The lowest BCUT2D eigenvalue weighted by molar-refractivity contribution is -0.137. The second kappa shape index (κ2) is 13.6. The number of nitrogens with zero attached hydrogens (tertiary/aromatic N) is 2. The van der Waals surface area contributed by atoms with Gasteiger partial charge in [0, 0.05) is 49.5 Å². The molecule has 0 radical (unpaired) electrons. The van der Waals surface area contributed by atoms with Crippen LogP contribution >= 0.6 is 0 Å². The molecule has 1 aromatic carbocycles. The Morgan fingerprint density at radius 3 is 2.52 bits per heavy atom. The number of anilines is 1. The van der Waals surface area contributed by atoms with Crippen molar-refractivity contribution >= 4 is 35.4 Å². The van der Waals surface area contributed by atoms with Crippen molar-refractivity contribution in [2.24, 2.45) is 5.73 Å².